The van der Waals surface area contributed by atoms with Crippen molar-refractivity contribution in [3.63, 3.8) is 0 Å². The number of rotatable bonds is 6. The average molecular weight is 246 g/mol. The van der Waals surface area contributed by atoms with Crippen LogP contribution < -0.4 is 10.6 Å². The Labute approximate surface area is 111 Å². The lowest BCUT2D eigenvalue weighted by Crippen LogP contribution is -2.46. The first-order valence-electron chi connectivity index (χ1n) is 7.07. The van der Waals surface area contributed by atoms with Crippen molar-refractivity contribution in [2.45, 2.75) is 39.7 Å². The normalized spacial score (nSPS) is 17.5. The second kappa shape index (κ2) is 5.85. The van der Waals surface area contributed by atoms with Crippen LogP contribution in [0.2, 0.25) is 0 Å². The van der Waals surface area contributed by atoms with Crippen molar-refractivity contribution in [2.75, 3.05) is 20.1 Å². The Morgan fingerprint density at radius 3 is 2.44 bits per heavy atom. The fraction of sp³-hybridized carbons (Fsp3) is 0.625. The average Bonchev–Trinajstić information content (AvgIpc) is 2.30. The molecule has 1 fully saturated rings. The molecule has 18 heavy (non-hydrogen) atoms. The summed E-state index contributed by atoms with van der Waals surface area (Å²) in [6, 6.07) is 6.76. The minimum Gasteiger partial charge on any atom is -0.319 e. The Kier molecular flexibility index (Phi) is 4.41. The highest BCUT2D eigenvalue weighted by Crippen LogP contribution is 2.39. The van der Waals surface area contributed by atoms with Gasteiger partial charge in [0.2, 0.25) is 0 Å². The van der Waals surface area contributed by atoms with E-state index in [1.807, 2.05) is 0 Å². The maximum atomic E-state index is 3.64. The molecule has 0 heterocycles. The molecule has 0 saturated heterocycles. The minimum absolute atomic E-state index is 0.522. The number of aryl methyl sites for hydroxylation is 2. The van der Waals surface area contributed by atoms with E-state index in [9.17, 15) is 0 Å². The van der Waals surface area contributed by atoms with Crippen LogP contribution in [0.1, 0.15) is 36.0 Å². The van der Waals surface area contributed by atoms with Gasteiger partial charge in [-0.15, -0.1) is 0 Å². The monoisotopic (exact) mass is 246 g/mol. The van der Waals surface area contributed by atoms with E-state index in [1.165, 1.54) is 36.0 Å². The summed E-state index contributed by atoms with van der Waals surface area (Å²) < 4.78 is 0. The Bertz CT molecular complexity index is 394. The summed E-state index contributed by atoms with van der Waals surface area (Å²) in [5.74, 6) is 0. The quantitative estimate of drug-likeness (QED) is 0.806. The van der Waals surface area contributed by atoms with Crippen molar-refractivity contribution < 1.29 is 0 Å². The summed E-state index contributed by atoms with van der Waals surface area (Å²) in [5, 5.41) is 6.97. The lowest BCUT2D eigenvalue weighted by atomic mass is 9.68. The van der Waals surface area contributed by atoms with Crippen LogP contribution in [0.15, 0.2) is 18.2 Å². The van der Waals surface area contributed by atoms with Gasteiger partial charge in [0.1, 0.15) is 0 Å². The van der Waals surface area contributed by atoms with Crippen molar-refractivity contribution in [3.05, 3.63) is 34.9 Å². The summed E-state index contributed by atoms with van der Waals surface area (Å²) in [7, 11) is 2.06. The van der Waals surface area contributed by atoms with E-state index in [0.717, 1.165) is 19.6 Å². The van der Waals surface area contributed by atoms with Gasteiger partial charge < -0.3 is 10.6 Å². The summed E-state index contributed by atoms with van der Waals surface area (Å²) in [4.78, 5) is 0. The van der Waals surface area contributed by atoms with Gasteiger partial charge in [-0.25, -0.2) is 0 Å². The molecule has 0 aromatic heterocycles. The van der Waals surface area contributed by atoms with Crippen molar-refractivity contribution in [3.8, 4) is 0 Å². The summed E-state index contributed by atoms with van der Waals surface area (Å²) in [6.45, 7) is 7.64. The molecule has 2 heteroatoms. The van der Waals surface area contributed by atoms with Crippen molar-refractivity contribution in [1.82, 2.24) is 10.6 Å². The third-order valence-electron chi connectivity index (χ3n) is 4.37. The van der Waals surface area contributed by atoms with Gasteiger partial charge in [0.15, 0.2) is 0 Å². The van der Waals surface area contributed by atoms with Gasteiger partial charge in [-0.05, 0) is 55.8 Å². The SMILES string of the molecule is CNCC1(CNCc2ccc(C)c(C)c2)CCC1. The predicted molar refractivity (Wildman–Crippen MR) is 77.8 cm³/mol. The molecule has 2 rings (SSSR count). The predicted octanol–water partition coefficient (Wildman–Crippen LogP) is 2.78. The Hall–Kier alpha value is -0.860. The summed E-state index contributed by atoms with van der Waals surface area (Å²) >= 11 is 0. The molecule has 1 aliphatic carbocycles. The van der Waals surface area contributed by atoms with E-state index >= 15 is 0 Å². The van der Waals surface area contributed by atoms with Gasteiger partial charge in [-0.3, -0.25) is 0 Å². The first-order valence-corrected chi connectivity index (χ1v) is 7.07. The van der Waals surface area contributed by atoms with Crippen molar-refractivity contribution in [2.24, 2.45) is 5.41 Å². The largest absolute Gasteiger partial charge is 0.319 e. The van der Waals surface area contributed by atoms with E-state index in [2.05, 4.69) is 49.7 Å². The minimum atomic E-state index is 0.522. The maximum absolute atomic E-state index is 3.64. The van der Waals surface area contributed by atoms with Gasteiger partial charge in [0.05, 0.1) is 0 Å². The van der Waals surface area contributed by atoms with Crippen LogP contribution in [0.25, 0.3) is 0 Å². The zero-order valence-electron chi connectivity index (χ0n) is 12.0. The fourth-order valence-electron chi connectivity index (χ4n) is 2.85. The molecule has 0 unspecified atom stereocenters. The highest BCUT2D eigenvalue weighted by Gasteiger charge is 2.35. The standard InChI is InChI=1S/C16H26N2/c1-13-5-6-15(9-14(13)2)10-18-12-16(11-17-3)7-4-8-16/h5-6,9,17-18H,4,7-8,10-12H2,1-3H3. The highest BCUT2D eigenvalue weighted by atomic mass is 14.9. The number of hydrogen-bond donors (Lipinski definition) is 2. The molecular formula is C16H26N2. The molecule has 0 spiro atoms. The molecular weight excluding hydrogens is 220 g/mol. The van der Waals surface area contributed by atoms with E-state index in [1.54, 1.807) is 0 Å². The Morgan fingerprint density at radius 1 is 1.11 bits per heavy atom. The van der Waals surface area contributed by atoms with Crippen LogP contribution in [0.3, 0.4) is 0 Å². The van der Waals surface area contributed by atoms with Crippen LogP contribution in [-0.2, 0) is 6.54 Å². The zero-order valence-corrected chi connectivity index (χ0v) is 12.0. The van der Waals surface area contributed by atoms with Crippen LogP contribution in [0, 0.1) is 19.3 Å². The van der Waals surface area contributed by atoms with E-state index in [0.29, 0.717) is 5.41 Å². The molecule has 0 amide bonds. The summed E-state index contributed by atoms with van der Waals surface area (Å²) in [5.41, 5.74) is 4.69. The van der Waals surface area contributed by atoms with Gasteiger partial charge in [0, 0.05) is 19.6 Å². The molecule has 1 saturated carbocycles. The maximum Gasteiger partial charge on any atom is 0.0205 e. The zero-order chi connectivity index (χ0) is 13.0. The third-order valence-corrected chi connectivity index (χ3v) is 4.37. The molecule has 0 aliphatic heterocycles. The van der Waals surface area contributed by atoms with E-state index in [-0.39, 0.29) is 0 Å². The first kappa shape index (κ1) is 13.6. The number of nitrogens with one attached hydrogen (secondary N) is 2. The fourth-order valence-corrected chi connectivity index (χ4v) is 2.85. The van der Waals surface area contributed by atoms with E-state index in [4.69, 9.17) is 0 Å². The smallest absolute Gasteiger partial charge is 0.0205 e. The summed E-state index contributed by atoms with van der Waals surface area (Å²) in [6.07, 6.45) is 4.13. The molecule has 2 N–H and O–H groups in total. The molecule has 0 atom stereocenters. The van der Waals surface area contributed by atoms with Crippen LogP contribution in [-0.4, -0.2) is 20.1 Å². The Balaban J connectivity index is 1.82. The van der Waals surface area contributed by atoms with Gasteiger partial charge >= 0.3 is 0 Å². The third kappa shape index (κ3) is 3.12. The lowest BCUT2D eigenvalue weighted by molar-refractivity contribution is 0.130. The molecule has 0 radical (unpaired) electrons. The van der Waals surface area contributed by atoms with E-state index < -0.39 is 0 Å². The number of benzene rings is 1. The van der Waals surface area contributed by atoms with Crippen LogP contribution in [0.4, 0.5) is 0 Å². The van der Waals surface area contributed by atoms with Crippen molar-refractivity contribution in [1.29, 1.82) is 0 Å². The molecule has 1 aromatic carbocycles. The first-order chi connectivity index (χ1) is 8.65. The molecule has 1 aromatic rings. The van der Waals surface area contributed by atoms with Crippen LogP contribution in [0.5, 0.6) is 0 Å². The number of hydrogen-bond acceptors (Lipinski definition) is 2. The van der Waals surface area contributed by atoms with Gasteiger partial charge in [-0.2, -0.15) is 0 Å². The molecule has 100 valence electrons. The van der Waals surface area contributed by atoms with Gasteiger partial charge in [-0.1, -0.05) is 24.6 Å². The second-order valence-electron chi connectivity index (χ2n) is 5.91. The topological polar surface area (TPSA) is 24.1 Å². The molecule has 2 nitrogen and oxygen atoms in total. The molecule has 0 bridgehead atoms. The van der Waals surface area contributed by atoms with Crippen LogP contribution >= 0.6 is 0 Å². The lowest BCUT2D eigenvalue weighted by Gasteiger charge is -2.42. The Morgan fingerprint density at radius 2 is 1.89 bits per heavy atom. The molecule has 1 aliphatic rings. The highest BCUT2D eigenvalue weighted by molar-refractivity contribution is 5.29. The van der Waals surface area contributed by atoms with Crippen molar-refractivity contribution >= 4 is 0 Å². The second-order valence-corrected chi connectivity index (χ2v) is 5.91. The van der Waals surface area contributed by atoms with Gasteiger partial charge in [0.25, 0.3) is 0 Å².